The molecule has 2 rings (SSSR count). The molecule has 7 nitrogen and oxygen atoms in total. The van der Waals surface area contributed by atoms with Gasteiger partial charge in [-0.1, -0.05) is 30.3 Å². The molecular formula is C12H13NO6. The van der Waals surface area contributed by atoms with Crippen LogP contribution in [0, 0.1) is 0 Å². The highest BCUT2D eigenvalue weighted by atomic mass is 16.8. The predicted molar refractivity (Wildman–Crippen MR) is 61.9 cm³/mol. The van der Waals surface area contributed by atoms with Gasteiger partial charge in [-0.15, -0.1) is 5.06 Å². The van der Waals surface area contributed by atoms with E-state index in [9.17, 15) is 14.7 Å². The van der Waals surface area contributed by atoms with Gasteiger partial charge in [0.15, 0.2) is 5.60 Å². The Morgan fingerprint density at radius 2 is 1.89 bits per heavy atom. The first-order valence-electron chi connectivity index (χ1n) is 5.59. The van der Waals surface area contributed by atoms with Crippen molar-refractivity contribution in [3.8, 4) is 0 Å². The third-order valence-corrected chi connectivity index (χ3v) is 2.68. The lowest BCUT2D eigenvalue weighted by molar-refractivity contribution is -0.250. The predicted octanol–water partition coefficient (Wildman–Crippen LogP) is 0.386. The Hall–Kier alpha value is -2.12. The Morgan fingerprint density at radius 1 is 1.26 bits per heavy atom. The molecule has 0 saturated carbocycles. The molecule has 0 amide bonds. The van der Waals surface area contributed by atoms with Crippen molar-refractivity contribution in [2.24, 2.45) is 0 Å². The Morgan fingerprint density at radius 3 is 2.47 bits per heavy atom. The molecule has 1 aromatic carbocycles. The molecule has 19 heavy (non-hydrogen) atoms. The molecular weight excluding hydrogens is 254 g/mol. The number of β-amino-alcohol motifs (C(OH)–C–C–N with tert-alkyl or cyclic N) is 1. The quantitative estimate of drug-likeness (QED) is 0.761. The van der Waals surface area contributed by atoms with Crippen molar-refractivity contribution in [3.63, 3.8) is 0 Å². The molecule has 102 valence electrons. The summed E-state index contributed by atoms with van der Waals surface area (Å²) < 4.78 is 4.83. The van der Waals surface area contributed by atoms with E-state index in [2.05, 4.69) is 0 Å². The third-order valence-electron chi connectivity index (χ3n) is 2.68. The van der Waals surface area contributed by atoms with Gasteiger partial charge in [0.25, 0.3) is 0 Å². The second kappa shape index (κ2) is 5.25. The first kappa shape index (κ1) is 13.3. The van der Waals surface area contributed by atoms with Crippen molar-refractivity contribution in [2.45, 2.75) is 12.2 Å². The van der Waals surface area contributed by atoms with Gasteiger partial charge in [0.2, 0.25) is 0 Å². The van der Waals surface area contributed by atoms with Crippen molar-refractivity contribution >= 4 is 12.1 Å². The highest BCUT2D eigenvalue weighted by molar-refractivity contribution is 5.79. The number of carbonyl (C=O) groups excluding carboxylic acids is 1. The Kier molecular flexibility index (Phi) is 3.68. The number of aliphatic hydroxyl groups is 1. The largest absolute Gasteiger partial charge is 0.528 e. The average Bonchev–Trinajstić information content (AvgIpc) is 2.35. The Balaban J connectivity index is 1.71. The minimum atomic E-state index is -1.85. The Labute approximate surface area is 108 Å². The lowest BCUT2D eigenvalue weighted by Crippen LogP contribution is -2.66. The van der Waals surface area contributed by atoms with Gasteiger partial charge >= 0.3 is 12.1 Å². The number of carboxylic acid groups (broad SMARTS) is 1. The minimum Gasteiger partial charge on any atom is -0.479 e. The molecule has 0 atom stereocenters. The maximum atomic E-state index is 11.3. The summed E-state index contributed by atoms with van der Waals surface area (Å²) in [4.78, 5) is 26.6. The van der Waals surface area contributed by atoms with Crippen LogP contribution in [-0.2, 0) is 21.0 Å². The number of hydrogen-bond donors (Lipinski definition) is 2. The number of benzene rings is 1. The number of rotatable bonds is 4. The van der Waals surface area contributed by atoms with Gasteiger partial charge in [0.1, 0.15) is 6.61 Å². The summed E-state index contributed by atoms with van der Waals surface area (Å²) in [5, 5.41) is 19.1. The SMILES string of the molecule is O=C(OCc1ccccc1)ON1CC(O)(C(=O)O)C1. The van der Waals surface area contributed by atoms with Crippen LogP contribution in [-0.4, -0.2) is 46.1 Å². The van der Waals surface area contributed by atoms with Gasteiger partial charge in [0, 0.05) is 0 Å². The van der Waals surface area contributed by atoms with Crippen LogP contribution < -0.4 is 0 Å². The van der Waals surface area contributed by atoms with Crippen LogP contribution in [0.25, 0.3) is 0 Å². The first-order valence-corrected chi connectivity index (χ1v) is 5.59. The molecule has 0 radical (unpaired) electrons. The summed E-state index contributed by atoms with van der Waals surface area (Å²) in [6.07, 6.45) is -0.934. The Bertz CT molecular complexity index is 468. The zero-order valence-electron chi connectivity index (χ0n) is 9.98. The number of nitrogens with zero attached hydrogens (tertiary/aromatic N) is 1. The van der Waals surface area contributed by atoms with Crippen LogP contribution >= 0.6 is 0 Å². The molecule has 1 aliphatic heterocycles. The van der Waals surface area contributed by atoms with Crippen LogP contribution in [0.2, 0.25) is 0 Å². The van der Waals surface area contributed by atoms with Crippen LogP contribution in [0.4, 0.5) is 4.79 Å². The molecule has 0 aliphatic carbocycles. The number of hydroxylamine groups is 2. The molecule has 0 unspecified atom stereocenters. The minimum absolute atomic E-state index is 0.0662. The second-order valence-electron chi connectivity index (χ2n) is 4.25. The maximum Gasteiger partial charge on any atom is 0.528 e. The topological polar surface area (TPSA) is 96.3 Å². The molecule has 1 saturated heterocycles. The highest BCUT2D eigenvalue weighted by Gasteiger charge is 2.50. The monoisotopic (exact) mass is 267 g/mol. The van der Waals surface area contributed by atoms with E-state index in [0.717, 1.165) is 10.6 Å². The zero-order valence-corrected chi connectivity index (χ0v) is 9.98. The normalized spacial score (nSPS) is 17.3. The molecule has 1 aliphatic rings. The lowest BCUT2D eigenvalue weighted by atomic mass is 9.97. The van der Waals surface area contributed by atoms with Crippen molar-refractivity contribution in [1.82, 2.24) is 5.06 Å². The summed E-state index contributed by atoms with van der Waals surface area (Å²) in [6, 6.07) is 9.05. The number of aliphatic carboxylic acids is 1. The standard InChI is InChI=1S/C12H13NO6/c14-10(15)12(17)7-13(8-12)19-11(16)18-6-9-4-2-1-3-5-9/h1-5,17H,6-8H2,(H,14,15). The van der Waals surface area contributed by atoms with Gasteiger partial charge in [-0.05, 0) is 5.56 Å². The number of hydrogen-bond acceptors (Lipinski definition) is 6. The molecule has 1 heterocycles. The van der Waals surface area contributed by atoms with E-state index in [-0.39, 0.29) is 19.7 Å². The molecule has 7 heteroatoms. The van der Waals surface area contributed by atoms with Crippen LogP contribution in [0.5, 0.6) is 0 Å². The second-order valence-corrected chi connectivity index (χ2v) is 4.25. The summed E-state index contributed by atoms with van der Waals surface area (Å²) in [5.74, 6) is -1.34. The van der Waals surface area contributed by atoms with E-state index in [1.54, 1.807) is 12.1 Å². The van der Waals surface area contributed by atoms with Crippen LogP contribution in [0.15, 0.2) is 30.3 Å². The van der Waals surface area contributed by atoms with E-state index in [4.69, 9.17) is 14.7 Å². The van der Waals surface area contributed by atoms with Crippen molar-refractivity contribution in [3.05, 3.63) is 35.9 Å². The van der Waals surface area contributed by atoms with Crippen molar-refractivity contribution < 1.29 is 29.4 Å². The van der Waals surface area contributed by atoms with Gasteiger partial charge in [-0.25, -0.2) is 9.59 Å². The fraction of sp³-hybridized carbons (Fsp3) is 0.333. The summed E-state index contributed by atoms with van der Waals surface area (Å²) in [7, 11) is 0. The van der Waals surface area contributed by atoms with E-state index in [0.29, 0.717) is 0 Å². The van der Waals surface area contributed by atoms with E-state index in [1.807, 2.05) is 18.2 Å². The fourth-order valence-electron chi connectivity index (χ4n) is 1.59. The molecule has 0 spiro atoms. The fourth-order valence-corrected chi connectivity index (χ4v) is 1.59. The van der Waals surface area contributed by atoms with E-state index in [1.165, 1.54) is 0 Å². The van der Waals surface area contributed by atoms with Gasteiger partial charge in [-0.2, -0.15) is 0 Å². The van der Waals surface area contributed by atoms with Crippen LogP contribution in [0.1, 0.15) is 5.56 Å². The molecule has 1 aromatic rings. The third kappa shape index (κ3) is 3.21. The molecule has 0 aromatic heterocycles. The summed E-state index contributed by atoms with van der Waals surface area (Å²) in [5.41, 5.74) is -1.04. The molecule has 2 N–H and O–H groups in total. The number of ether oxygens (including phenoxy) is 1. The molecule has 1 fully saturated rings. The number of carboxylic acids is 1. The smallest absolute Gasteiger partial charge is 0.479 e. The first-order chi connectivity index (χ1) is 8.99. The van der Waals surface area contributed by atoms with E-state index < -0.39 is 17.7 Å². The molecule has 0 bridgehead atoms. The maximum absolute atomic E-state index is 11.3. The van der Waals surface area contributed by atoms with Gasteiger partial charge in [-0.3, -0.25) is 0 Å². The van der Waals surface area contributed by atoms with Crippen molar-refractivity contribution in [2.75, 3.05) is 13.1 Å². The van der Waals surface area contributed by atoms with Gasteiger partial charge < -0.3 is 19.8 Å². The summed E-state index contributed by atoms with van der Waals surface area (Å²) >= 11 is 0. The van der Waals surface area contributed by atoms with E-state index >= 15 is 0 Å². The highest BCUT2D eigenvalue weighted by Crippen LogP contribution is 2.21. The van der Waals surface area contributed by atoms with Crippen LogP contribution in [0.3, 0.4) is 0 Å². The number of carbonyl (C=O) groups is 2. The zero-order chi connectivity index (χ0) is 13.9. The summed E-state index contributed by atoms with van der Waals surface area (Å²) in [6.45, 7) is -0.484. The average molecular weight is 267 g/mol. The van der Waals surface area contributed by atoms with Crippen molar-refractivity contribution in [1.29, 1.82) is 0 Å². The van der Waals surface area contributed by atoms with Gasteiger partial charge in [0.05, 0.1) is 13.1 Å². The lowest BCUT2D eigenvalue weighted by Gasteiger charge is -2.40.